The molecule has 0 aromatic heterocycles. The minimum Gasteiger partial charge on any atom is -0.384 e. The van der Waals surface area contributed by atoms with E-state index in [9.17, 15) is 74.6 Å². The van der Waals surface area contributed by atoms with Crippen molar-refractivity contribution in [3.8, 4) is 0 Å². The number of ether oxygens (including phenoxy) is 1. The SMILES string of the molecule is COCCC(F)(F)C(F)(F)C(F)(F)C(F)(F)C(F)(F)C(F)(F)C(F)(F)C(F)(F)F. The highest BCUT2D eigenvalue weighted by Gasteiger charge is 2.95. The Kier molecular flexibility index (Phi) is 6.87. The minimum absolute atomic E-state index is 0.495. The molecule has 0 aromatic carbocycles. The van der Waals surface area contributed by atoms with Gasteiger partial charge in [-0.1, -0.05) is 0 Å². The summed E-state index contributed by atoms with van der Waals surface area (Å²) >= 11 is 0. The van der Waals surface area contributed by atoms with E-state index in [2.05, 4.69) is 4.74 Å². The Morgan fingerprint density at radius 3 is 1.00 bits per heavy atom. The van der Waals surface area contributed by atoms with Crippen LogP contribution in [0.25, 0.3) is 0 Å². The smallest absolute Gasteiger partial charge is 0.384 e. The van der Waals surface area contributed by atoms with Crippen molar-refractivity contribution in [2.45, 2.75) is 54.1 Å². The number of rotatable bonds is 9. The fourth-order valence-corrected chi connectivity index (χ4v) is 1.58. The van der Waals surface area contributed by atoms with Gasteiger partial charge in [0.25, 0.3) is 0 Å². The maximum atomic E-state index is 13.3. The molecular formula is C11H7F17O. The molecule has 0 heterocycles. The van der Waals surface area contributed by atoms with Gasteiger partial charge in [0.2, 0.25) is 0 Å². The Balaban J connectivity index is 6.57. The quantitative estimate of drug-likeness (QED) is 0.368. The highest BCUT2D eigenvalue weighted by molar-refractivity contribution is 5.15. The molecule has 0 fully saturated rings. The second-order valence-corrected chi connectivity index (χ2v) is 5.39. The van der Waals surface area contributed by atoms with E-state index < -0.39 is 60.7 Å². The molecule has 0 radical (unpaired) electrons. The minimum atomic E-state index is -8.59. The molecule has 0 saturated heterocycles. The van der Waals surface area contributed by atoms with Gasteiger partial charge < -0.3 is 4.74 Å². The molecule has 176 valence electrons. The molecule has 0 N–H and O–H groups in total. The summed E-state index contributed by atoms with van der Waals surface area (Å²) in [7, 11) is 0.495. The summed E-state index contributed by atoms with van der Waals surface area (Å²) in [5.74, 6) is -56.0. The van der Waals surface area contributed by atoms with E-state index >= 15 is 0 Å². The lowest BCUT2D eigenvalue weighted by atomic mass is 9.88. The predicted molar refractivity (Wildman–Crippen MR) is 57.2 cm³/mol. The third-order valence-electron chi connectivity index (χ3n) is 3.41. The zero-order valence-corrected chi connectivity index (χ0v) is 13.2. The van der Waals surface area contributed by atoms with Crippen LogP contribution in [0.5, 0.6) is 0 Å². The van der Waals surface area contributed by atoms with E-state index in [0.717, 1.165) is 0 Å². The maximum absolute atomic E-state index is 13.3. The van der Waals surface area contributed by atoms with Gasteiger partial charge in [-0.25, -0.2) is 0 Å². The summed E-state index contributed by atoms with van der Waals surface area (Å²) in [5.41, 5.74) is 0. The molecule has 0 aliphatic rings. The van der Waals surface area contributed by atoms with E-state index in [1.807, 2.05) is 0 Å². The van der Waals surface area contributed by atoms with Crippen molar-refractivity contribution in [2.75, 3.05) is 13.7 Å². The van der Waals surface area contributed by atoms with Gasteiger partial charge in [-0.15, -0.1) is 0 Å². The van der Waals surface area contributed by atoms with E-state index in [0.29, 0.717) is 7.11 Å². The lowest BCUT2D eigenvalue weighted by molar-refractivity contribution is -0.462. The molecule has 0 atom stereocenters. The highest BCUT2D eigenvalue weighted by Crippen LogP contribution is 2.64. The first-order chi connectivity index (χ1) is 12.3. The first-order valence-electron chi connectivity index (χ1n) is 6.51. The van der Waals surface area contributed by atoms with Crippen molar-refractivity contribution in [2.24, 2.45) is 0 Å². The van der Waals surface area contributed by atoms with Crippen LogP contribution in [-0.4, -0.2) is 61.4 Å². The zero-order chi connectivity index (χ0) is 24.1. The number of halogens is 17. The van der Waals surface area contributed by atoms with E-state index in [1.54, 1.807) is 0 Å². The topological polar surface area (TPSA) is 9.23 Å². The maximum Gasteiger partial charge on any atom is 0.460 e. The van der Waals surface area contributed by atoms with Crippen molar-refractivity contribution in [3.63, 3.8) is 0 Å². The van der Waals surface area contributed by atoms with Crippen LogP contribution in [0.15, 0.2) is 0 Å². The van der Waals surface area contributed by atoms with Crippen LogP contribution < -0.4 is 0 Å². The lowest BCUT2D eigenvalue weighted by Crippen LogP contribution is -2.74. The fraction of sp³-hybridized carbons (Fsp3) is 1.00. The standard InChI is InChI=1S/C11H7F17O/c1-29-3-2-4(12,13)5(14,15)6(16,17)7(18,19)8(20,21)9(22,23)10(24,25)11(26,27)28/h2-3H2,1H3. The molecule has 0 amide bonds. The number of alkyl halides is 17. The first kappa shape index (κ1) is 27.8. The first-order valence-corrected chi connectivity index (χ1v) is 6.51. The van der Waals surface area contributed by atoms with E-state index in [1.165, 1.54) is 0 Å². The third-order valence-corrected chi connectivity index (χ3v) is 3.41. The average Bonchev–Trinajstić information content (AvgIpc) is 2.50. The number of hydrogen-bond acceptors (Lipinski definition) is 1. The molecule has 0 aliphatic heterocycles. The van der Waals surface area contributed by atoms with Gasteiger partial charge in [-0.2, -0.15) is 74.6 Å². The highest BCUT2D eigenvalue weighted by atomic mass is 19.4. The molecule has 18 heteroatoms. The summed E-state index contributed by atoms with van der Waals surface area (Å²) in [6.45, 7) is -1.59. The lowest BCUT2D eigenvalue weighted by Gasteiger charge is -2.42. The molecule has 0 aliphatic carbocycles. The summed E-state index contributed by atoms with van der Waals surface area (Å²) in [6, 6.07) is 0. The van der Waals surface area contributed by atoms with Gasteiger partial charge in [0, 0.05) is 13.5 Å². The molecule has 29 heavy (non-hydrogen) atoms. The molecule has 0 spiro atoms. The van der Waals surface area contributed by atoms with Crippen LogP contribution in [-0.2, 0) is 4.74 Å². The fourth-order valence-electron chi connectivity index (χ4n) is 1.58. The van der Waals surface area contributed by atoms with Gasteiger partial charge >= 0.3 is 47.6 Å². The van der Waals surface area contributed by atoms with Crippen molar-refractivity contribution in [3.05, 3.63) is 0 Å². The van der Waals surface area contributed by atoms with Crippen LogP contribution in [0.3, 0.4) is 0 Å². The largest absolute Gasteiger partial charge is 0.460 e. The Hall–Kier alpha value is -1.23. The van der Waals surface area contributed by atoms with Gasteiger partial charge in [-0.3, -0.25) is 0 Å². The number of hydrogen-bond donors (Lipinski definition) is 0. The van der Waals surface area contributed by atoms with Crippen molar-refractivity contribution >= 4 is 0 Å². The third kappa shape index (κ3) is 3.68. The Bertz CT molecular complexity index is 574. The second kappa shape index (κ2) is 7.18. The van der Waals surface area contributed by atoms with Crippen LogP contribution in [0, 0.1) is 0 Å². The molecule has 0 unspecified atom stereocenters. The Morgan fingerprint density at radius 2 is 0.724 bits per heavy atom. The summed E-state index contributed by atoms with van der Waals surface area (Å²) in [5, 5.41) is 0. The van der Waals surface area contributed by atoms with Gasteiger partial charge in [0.1, 0.15) is 0 Å². The molecule has 0 rings (SSSR count). The summed E-state index contributed by atoms with van der Waals surface area (Å²) < 4.78 is 222. The Morgan fingerprint density at radius 1 is 0.448 bits per heavy atom. The molecular weight excluding hydrogens is 471 g/mol. The van der Waals surface area contributed by atoms with Crippen LogP contribution in [0.2, 0.25) is 0 Å². The monoisotopic (exact) mass is 478 g/mol. The van der Waals surface area contributed by atoms with Crippen molar-refractivity contribution < 1.29 is 79.4 Å². The van der Waals surface area contributed by atoms with Crippen LogP contribution in [0.4, 0.5) is 74.6 Å². The zero-order valence-electron chi connectivity index (χ0n) is 13.2. The van der Waals surface area contributed by atoms with Crippen LogP contribution >= 0.6 is 0 Å². The van der Waals surface area contributed by atoms with Crippen molar-refractivity contribution in [1.29, 1.82) is 0 Å². The van der Waals surface area contributed by atoms with Crippen molar-refractivity contribution in [1.82, 2.24) is 0 Å². The van der Waals surface area contributed by atoms with Gasteiger partial charge in [0.05, 0.1) is 6.61 Å². The predicted octanol–water partition coefficient (Wildman–Crippen LogP) is 6.03. The molecule has 0 bridgehead atoms. The normalized spacial score (nSPS) is 16.3. The molecule has 0 aromatic rings. The summed E-state index contributed by atoms with van der Waals surface area (Å²) in [6.07, 6.45) is -10.3. The molecule has 1 nitrogen and oxygen atoms in total. The van der Waals surface area contributed by atoms with E-state index in [4.69, 9.17) is 0 Å². The summed E-state index contributed by atoms with van der Waals surface area (Å²) in [4.78, 5) is 0. The average molecular weight is 478 g/mol. The Labute approximate surface area is 148 Å². The van der Waals surface area contributed by atoms with E-state index in [-0.39, 0.29) is 0 Å². The van der Waals surface area contributed by atoms with Gasteiger partial charge in [0.15, 0.2) is 0 Å². The number of methoxy groups -OCH3 is 1. The van der Waals surface area contributed by atoms with Gasteiger partial charge in [-0.05, 0) is 0 Å². The van der Waals surface area contributed by atoms with Crippen LogP contribution in [0.1, 0.15) is 6.42 Å². The molecule has 0 saturated carbocycles. The second-order valence-electron chi connectivity index (χ2n) is 5.39.